The van der Waals surface area contributed by atoms with E-state index in [-0.39, 0.29) is 6.10 Å². The van der Waals surface area contributed by atoms with Crippen LogP contribution in [0.15, 0.2) is 0 Å². The van der Waals surface area contributed by atoms with Crippen LogP contribution in [-0.4, -0.2) is 23.3 Å². The monoisotopic (exact) mass is 99.1 g/mol. The zero-order valence-electron chi connectivity index (χ0n) is 4.09. The van der Waals surface area contributed by atoms with Gasteiger partial charge in [-0.15, -0.1) is 0 Å². The summed E-state index contributed by atoms with van der Waals surface area (Å²) in [6.45, 7) is 0. The Kier molecular flexibility index (Phi) is 0.557. The molecule has 2 rings (SSSR count). The van der Waals surface area contributed by atoms with Gasteiger partial charge < -0.3 is 10.4 Å². The number of hydrogen-bond donors (Lipinski definition) is 2. The van der Waals surface area contributed by atoms with Crippen LogP contribution in [-0.2, 0) is 0 Å². The topological polar surface area (TPSA) is 42.2 Å². The van der Waals surface area contributed by atoms with Gasteiger partial charge in [0.05, 0.1) is 6.10 Å². The largest absolute Gasteiger partial charge is 0.393 e. The van der Waals surface area contributed by atoms with Crippen LogP contribution >= 0.6 is 0 Å². The van der Waals surface area contributed by atoms with Crippen LogP contribution in [0.25, 0.3) is 0 Å². The Labute approximate surface area is 42.5 Å². The van der Waals surface area contributed by atoms with Crippen LogP contribution in [0.3, 0.4) is 0 Å². The van der Waals surface area contributed by atoms with E-state index in [0.717, 1.165) is 12.8 Å². The van der Waals surface area contributed by atoms with E-state index in [4.69, 9.17) is 5.11 Å². The highest BCUT2D eigenvalue weighted by Crippen LogP contribution is 2.30. The van der Waals surface area contributed by atoms with E-state index >= 15 is 0 Å². The highest BCUT2D eigenvalue weighted by molar-refractivity contribution is 5.06. The van der Waals surface area contributed by atoms with Gasteiger partial charge in [0.1, 0.15) is 0 Å². The molecule has 40 valence electrons. The van der Waals surface area contributed by atoms with Crippen molar-refractivity contribution < 1.29 is 5.11 Å². The first-order valence-electron chi connectivity index (χ1n) is 2.80. The first-order valence-corrected chi connectivity index (χ1v) is 2.80. The highest BCUT2D eigenvalue weighted by Gasteiger charge is 2.44. The predicted molar refractivity (Wildman–Crippen MR) is 26.0 cm³/mol. The molecule has 2 fully saturated rings. The van der Waals surface area contributed by atoms with Crippen LogP contribution in [0.1, 0.15) is 12.8 Å². The molecule has 1 heterocycles. The van der Waals surface area contributed by atoms with Gasteiger partial charge >= 0.3 is 0 Å². The maximum absolute atomic E-state index is 8.89. The molecule has 0 amide bonds. The minimum atomic E-state index is 0.0104. The maximum atomic E-state index is 8.89. The maximum Gasteiger partial charge on any atom is 0.0571 e. The Morgan fingerprint density at radius 1 is 1.29 bits per heavy atom. The van der Waals surface area contributed by atoms with Crippen molar-refractivity contribution in [2.75, 3.05) is 0 Å². The van der Waals surface area contributed by atoms with Gasteiger partial charge in [-0.3, -0.25) is 0 Å². The summed E-state index contributed by atoms with van der Waals surface area (Å²) in [6.07, 6.45) is 1.99. The summed E-state index contributed by atoms with van der Waals surface area (Å²) in [6, 6.07) is 1.38. The van der Waals surface area contributed by atoms with Crippen molar-refractivity contribution in [3.05, 3.63) is 0 Å². The molecule has 1 saturated heterocycles. The average Bonchev–Trinajstić information content (AvgIpc) is 2.15. The smallest absolute Gasteiger partial charge is 0.0571 e. The van der Waals surface area contributed by atoms with Crippen molar-refractivity contribution in [1.29, 1.82) is 0 Å². The zero-order valence-corrected chi connectivity index (χ0v) is 4.09. The Hall–Kier alpha value is -0.0800. The van der Waals surface area contributed by atoms with Crippen molar-refractivity contribution >= 4 is 0 Å². The minimum Gasteiger partial charge on any atom is -0.393 e. The fraction of sp³-hybridized carbons (Fsp3) is 1.00. The molecule has 2 nitrogen and oxygen atoms in total. The van der Waals surface area contributed by atoms with E-state index in [1.54, 1.807) is 0 Å². The van der Waals surface area contributed by atoms with E-state index < -0.39 is 0 Å². The number of piperidine rings is 1. The van der Waals surface area contributed by atoms with Crippen molar-refractivity contribution in [3.8, 4) is 0 Å². The van der Waals surface area contributed by atoms with E-state index in [2.05, 4.69) is 5.32 Å². The molecule has 0 spiro atoms. The summed E-state index contributed by atoms with van der Waals surface area (Å²) in [4.78, 5) is 0. The molecule has 0 aromatic rings. The summed E-state index contributed by atoms with van der Waals surface area (Å²) in [5.74, 6) is 0. The summed E-state index contributed by atoms with van der Waals surface area (Å²) in [5, 5.41) is 12.1. The molecule has 0 aromatic carbocycles. The van der Waals surface area contributed by atoms with Gasteiger partial charge in [-0.2, -0.15) is 0 Å². The second-order valence-corrected chi connectivity index (χ2v) is 2.50. The molecule has 7 heavy (non-hydrogen) atoms. The lowest BCUT2D eigenvalue weighted by atomic mass is 10.3. The van der Waals surface area contributed by atoms with Crippen LogP contribution in [0.2, 0.25) is 0 Å². The minimum absolute atomic E-state index is 0.0104. The quantitative estimate of drug-likeness (QED) is 0.401. The fourth-order valence-electron chi connectivity index (χ4n) is 1.37. The number of hydrogen-bond acceptors (Lipinski definition) is 2. The second kappa shape index (κ2) is 1.01. The summed E-state index contributed by atoms with van der Waals surface area (Å²) in [7, 11) is 0. The number of rotatable bonds is 0. The molecule has 2 atom stereocenters. The van der Waals surface area contributed by atoms with Gasteiger partial charge in [0, 0.05) is 12.1 Å². The number of fused-ring (bicyclic) bond motifs is 1. The predicted octanol–water partition coefficient (Wildman–Crippen LogP) is -0.519. The van der Waals surface area contributed by atoms with Crippen LogP contribution in [0.5, 0.6) is 0 Å². The average molecular weight is 99.1 g/mol. The van der Waals surface area contributed by atoms with E-state index in [9.17, 15) is 0 Å². The van der Waals surface area contributed by atoms with E-state index in [1.807, 2.05) is 0 Å². The van der Waals surface area contributed by atoms with Gasteiger partial charge in [0.15, 0.2) is 0 Å². The van der Waals surface area contributed by atoms with Crippen molar-refractivity contribution in [2.45, 2.75) is 31.0 Å². The second-order valence-electron chi connectivity index (χ2n) is 2.50. The zero-order chi connectivity index (χ0) is 4.85. The molecule has 1 aliphatic carbocycles. The SMILES string of the molecule is OC1CC2NC2C1. The van der Waals surface area contributed by atoms with Crippen molar-refractivity contribution in [3.63, 3.8) is 0 Å². The molecular weight excluding hydrogens is 90.1 g/mol. The lowest BCUT2D eigenvalue weighted by Crippen LogP contribution is -2.08. The molecule has 2 heteroatoms. The Bertz CT molecular complexity index is 84.1. The third-order valence-corrected chi connectivity index (χ3v) is 1.86. The normalized spacial score (nSPS) is 57.0. The first-order chi connectivity index (χ1) is 3.36. The van der Waals surface area contributed by atoms with Crippen LogP contribution in [0, 0.1) is 0 Å². The molecule has 1 aliphatic heterocycles. The Morgan fingerprint density at radius 2 is 1.86 bits per heavy atom. The van der Waals surface area contributed by atoms with Gasteiger partial charge in [0.25, 0.3) is 0 Å². The molecule has 2 aliphatic rings. The number of nitrogens with one attached hydrogen (secondary N) is 1. The van der Waals surface area contributed by atoms with Gasteiger partial charge in [-0.1, -0.05) is 0 Å². The number of aliphatic hydroxyl groups excluding tert-OH is 1. The summed E-state index contributed by atoms with van der Waals surface area (Å²) >= 11 is 0. The third kappa shape index (κ3) is 0.469. The Morgan fingerprint density at radius 3 is 2.14 bits per heavy atom. The molecule has 0 bridgehead atoms. The molecule has 2 unspecified atom stereocenters. The van der Waals surface area contributed by atoms with Crippen molar-refractivity contribution in [1.82, 2.24) is 5.32 Å². The molecule has 0 radical (unpaired) electrons. The van der Waals surface area contributed by atoms with Crippen LogP contribution < -0.4 is 5.32 Å². The third-order valence-electron chi connectivity index (χ3n) is 1.86. The van der Waals surface area contributed by atoms with E-state index in [0.29, 0.717) is 12.1 Å². The molecule has 2 N–H and O–H groups in total. The van der Waals surface area contributed by atoms with Gasteiger partial charge in [-0.25, -0.2) is 0 Å². The molecule has 1 saturated carbocycles. The molecular formula is C5H9NO. The number of aliphatic hydroxyl groups is 1. The summed E-state index contributed by atoms with van der Waals surface area (Å²) < 4.78 is 0. The summed E-state index contributed by atoms with van der Waals surface area (Å²) in [5.41, 5.74) is 0. The van der Waals surface area contributed by atoms with Crippen molar-refractivity contribution in [2.24, 2.45) is 0 Å². The van der Waals surface area contributed by atoms with E-state index in [1.165, 1.54) is 0 Å². The fourth-order valence-corrected chi connectivity index (χ4v) is 1.37. The van der Waals surface area contributed by atoms with Gasteiger partial charge in [0.2, 0.25) is 0 Å². The molecule has 0 aromatic heterocycles. The lowest BCUT2D eigenvalue weighted by molar-refractivity contribution is 0.171. The lowest BCUT2D eigenvalue weighted by Gasteiger charge is -1.98. The highest BCUT2D eigenvalue weighted by atomic mass is 16.3. The first kappa shape index (κ1) is 3.87. The van der Waals surface area contributed by atoms with Crippen LogP contribution in [0.4, 0.5) is 0 Å². The van der Waals surface area contributed by atoms with Gasteiger partial charge in [-0.05, 0) is 12.8 Å². The standard InChI is InChI=1S/C5H9NO/c7-3-1-4-5(2-3)6-4/h3-7H,1-2H2. The Balaban J connectivity index is 2.02.